The van der Waals surface area contributed by atoms with Gasteiger partial charge in [0, 0.05) is 68.1 Å². The molecule has 10 heteroatoms. The lowest BCUT2D eigenvalue weighted by Crippen LogP contribution is -2.42. The molecule has 4 heterocycles. The number of nitrogens with one attached hydrogen (secondary N) is 3. The van der Waals surface area contributed by atoms with E-state index in [0.29, 0.717) is 29.8 Å². The van der Waals surface area contributed by atoms with E-state index in [1.807, 2.05) is 19.1 Å². The summed E-state index contributed by atoms with van der Waals surface area (Å²) >= 11 is 0. The summed E-state index contributed by atoms with van der Waals surface area (Å²) in [7, 11) is 0. The number of H-pyrrole nitrogens is 1. The van der Waals surface area contributed by atoms with Gasteiger partial charge in [0.25, 0.3) is 5.91 Å². The Morgan fingerprint density at radius 3 is 2.61 bits per heavy atom. The molecule has 0 aliphatic carbocycles. The van der Waals surface area contributed by atoms with E-state index in [9.17, 15) is 4.79 Å². The van der Waals surface area contributed by atoms with Crippen molar-refractivity contribution in [2.24, 2.45) is 0 Å². The fourth-order valence-corrected chi connectivity index (χ4v) is 4.84. The van der Waals surface area contributed by atoms with Gasteiger partial charge in [-0.25, -0.2) is 14.4 Å². The van der Waals surface area contributed by atoms with Crippen molar-refractivity contribution in [2.75, 3.05) is 44.6 Å². The molecular formula is C28H30FN7O2. The summed E-state index contributed by atoms with van der Waals surface area (Å²) in [5.41, 5.74) is 3.70. The zero-order chi connectivity index (χ0) is 26.1. The van der Waals surface area contributed by atoms with Crippen molar-refractivity contribution in [3.05, 3.63) is 71.4 Å². The molecule has 38 heavy (non-hydrogen) atoms. The van der Waals surface area contributed by atoms with Gasteiger partial charge in [-0.2, -0.15) is 0 Å². The van der Waals surface area contributed by atoms with Crippen molar-refractivity contribution in [2.45, 2.75) is 19.9 Å². The highest BCUT2D eigenvalue weighted by Gasteiger charge is 2.30. The Morgan fingerprint density at radius 2 is 1.87 bits per heavy atom. The number of nitrogens with zero attached hydrogens (tertiary/aromatic N) is 4. The number of benzene rings is 2. The minimum Gasteiger partial charge on any atom is -0.435 e. The van der Waals surface area contributed by atoms with E-state index in [-0.39, 0.29) is 23.1 Å². The molecule has 2 aliphatic heterocycles. The summed E-state index contributed by atoms with van der Waals surface area (Å²) in [6, 6.07) is 13.1. The number of amides is 1. The quantitative estimate of drug-likeness (QED) is 0.340. The molecule has 2 fully saturated rings. The van der Waals surface area contributed by atoms with E-state index in [0.717, 1.165) is 50.5 Å². The van der Waals surface area contributed by atoms with Gasteiger partial charge in [-0.15, -0.1) is 0 Å². The first-order chi connectivity index (χ1) is 18.5. The number of aromatic amines is 1. The van der Waals surface area contributed by atoms with Crippen LogP contribution in [-0.4, -0.2) is 69.9 Å². The Kier molecular flexibility index (Phi) is 6.65. The maximum absolute atomic E-state index is 15.3. The Labute approximate surface area is 220 Å². The fourth-order valence-electron chi connectivity index (χ4n) is 4.84. The molecule has 0 unspecified atom stereocenters. The molecule has 0 bridgehead atoms. The third kappa shape index (κ3) is 4.92. The number of carbonyl (C=O) groups excluding carboxylic acids is 1. The van der Waals surface area contributed by atoms with Crippen LogP contribution >= 0.6 is 0 Å². The number of ether oxygens (including phenoxy) is 1. The van der Waals surface area contributed by atoms with E-state index < -0.39 is 5.82 Å². The highest BCUT2D eigenvalue weighted by Crippen LogP contribution is 2.34. The van der Waals surface area contributed by atoms with E-state index in [2.05, 4.69) is 42.6 Å². The van der Waals surface area contributed by atoms with Gasteiger partial charge >= 0.3 is 0 Å². The monoisotopic (exact) mass is 515 g/mol. The van der Waals surface area contributed by atoms with E-state index >= 15 is 4.39 Å². The van der Waals surface area contributed by atoms with Crippen LogP contribution in [0.25, 0.3) is 10.9 Å². The van der Waals surface area contributed by atoms with Crippen LogP contribution in [0.5, 0.6) is 11.6 Å². The van der Waals surface area contributed by atoms with Gasteiger partial charge in [0.15, 0.2) is 17.4 Å². The molecule has 2 aliphatic rings. The molecule has 1 amide bonds. The summed E-state index contributed by atoms with van der Waals surface area (Å²) in [6.07, 6.45) is 2.26. The number of hydrogen-bond acceptors (Lipinski definition) is 7. The third-order valence-electron chi connectivity index (χ3n) is 7.05. The molecule has 0 radical (unpaired) electrons. The number of fused-ring (bicyclic) bond motifs is 1. The molecule has 9 nitrogen and oxygen atoms in total. The van der Waals surface area contributed by atoms with Crippen molar-refractivity contribution in [3.8, 4) is 11.6 Å². The molecule has 4 aromatic rings. The fraction of sp³-hybridized carbons (Fsp3) is 0.321. The average Bonchev–Trinajstić information content (AvgIpc) is 3.28. The molecule has 2 aromatic carbocycles. The van der Waals surface area contributed by atoms with Crippen LogP contribution in [-0.2, 0) is 6.54 Å². The number of aromatic nitrogens is 3. The van der Waals surface area contributed by atoms with Crippen LogP contribution in [0.2, 0.25) is 0 Å². The van der Waals surface area contributed by atoms with Gasteiger partial charge in [-0.05, 0) is 49.2 Å². The SMILES string of the molecule is Cc1cc2c(F)c(Oc3ncnc(Nc4ccc(CN5CCNCC5)cc4)c3C(=O)N3CCC3)ccc2[nH]1. The maximum Gasteiger partial charge on any atom is 0.263 e. The summed E-state index contributed by atoms with van der Waals surface area (Å²) in [5.74, 6) is -0.428. The first-order valence-electron chi connectivity index (χ1n) is 12.9. The van der Waals surface area contributed by atoms with E-state index in [1.165, 1.54) is 18.0 Å². The summed E-state index contributed by atoms with van der Waals surface area (Å²) in [4.78, 5) is 29.3. The van der Waals surface area contributed by atoms with Crippen LogP contribution < -0.4 is 15.4 Å². The lowest BCUT2D eigenvalue weighted by molar-refractivity contribution is 0.0649. The molecule has 2 aromatic heterocycles. The van der Waals surface area contributed by atoms with Gasteiger partial charge in [0.05, 0.1) is 0 Å². The number of piperazine rings is 1. The lowest BCUT2D eigenvalue weighted by atomic mass is 10.1. The second-order valence-electron chi connectivity index (χ2n) is 9.79. The first-order valence-corrected chi connectivity index (χ1v) is 12.9. The molecule has 6 rings (SSSR count). The van der Waals surface area contributed by atoms with Gasteiger partial charge < -0.3 is 25.3 Å². The van der Waals surface area contributed by atoms with Gasteiger partial charge in [-0.3, -0.25) is 9.69 Å². The molecule has 196 valence electrons. The summed E-state index contributed by atoms with van der Waals surface area (Å²) in [5, 5.41) is 7.05. The Morgan fingerprint density at radius 1 is 1.08 bits per heavy atom. The normalized spacial score (nSPS) is 15.9. The Balaban J connectivity index is 1.28. The maximum atomic E-state index is 15.3. The van der Waals surface area contributed by atoms with Crippen LogP contribution in [0.1, 0.15) is 28.0 Å². The molecule has 0 saturated carbocycles. The largest absolute Gasteiger partial charge is 0.435 e. The number of anilines is 2. The molecule has 0 spiro atoms. The number of rotatable bonds is 7. The topological polar surface area (TPSA) is 98.4 Å². The average molecular weight is 516 g/mol. The van der Waals surface area contributed by atoms with Crippen LogP contribution in [0.15, 0.2) is 48.8 Å². The zero-order valence-corrected chi connectivity index (χ0v) is 21.3. The van der Waals surface area contributed by atoms with Gasteiger partial charge in [-0.1, -0.05) is 12.1 Å². The lowest BCUT2D eigenvalue weighted by Gasteiger charge is -2.31. The molecule has 3 N–H and O–H groups in total. The van der Waals surface area contributed by atoms with Crippen LogP contribution in [0, 0.1) is 12.7 Å². The van der Waals surface area contributed by atoms with Crippen molar-refractivity contribution in [1.82, 2.24) is 30.1 Å². The van der Waals surface area contributed by atoms with Crippen molar-refractivity contribution < 1.29 is 13.9 Å². The highest BCUT2D eigenvalue weighted by molar-refractivity contribution is 6.02. The number of carbonyl (C=O) groups is 1. The van der Waals surface area contributed by atoms with E-state index in [1.54, 1.807) is 17.0 Å². The van der Waals surface area contributed by atoms with Crippen LogP contribution in [0.4, 0.5) is 15.9 Å². The standard InChI is InChI=1S/C28H30FN7O2/c1-18-15-21-22(33-18)7-8-23(25(21)29)38-27-24(28(37)36-11-2-12-36)26(31-17-32-27)34-20-5-3-19(4-6-20)16-35-13-9-30-10-14-35/h3-8,15,17,30,33H,2,9-14,16H2,1H3,(H,31,32,34). The number of halogens is 1. The number of likely N-dealkylation sites (tertiary alicyclic amines) is 1. The zero-order valence-electron chi connectivity index (χ0n) is 21.3. The summed E-state index contributed by atoms with van der Waals surface area (Å²) in [6.45, 7) is 8.13. The minimum atomic E-state index is -0.512. The van der Waals surface area contributed by atoms with Crippen molar-refractivity contribution >= 4 is 28.3 Å². The third-order valence-corrected chi connectivity index (χ3v) is 7.05. The predicted octanol–water partition coefficient (Wildman–Crippen LogP) is 4.19. The van der Waals surface area contributed by atoms with E-state index in [4.69, 9.17) is 4.74 Å². The Hall–Kier alpha value is -4.02. The highest BCUT2D eigenvalue weighted by atomic mass is 19.1. The second-order valence-corrected chi connectivity index (χ2v) is 9.79. The van der Waals surface area contributed by atoms with Crippen molar-refractivity contribution in [1.29, 1.82) is 0 Å². The van der Waals surface area contributed by atoms with Crippen LogP contribution in [0.3, 0.4) is 0 Å². The number of aryl methyl sites for hydroxylation is 1. The molecular weight excluding hydrogens is 485 g/mol. The van der Waals surface area contributed by atoms with Crippen molar-refractivity contribution in [3.63, 3.8) is 0 Å². The first kappa shape index (κ1) is 24.3. The van der Waals surface area contributed by atoms with Gasteiger partial charge in [0.1, 0.15) is 11.9 Å². The number of hydrogen-bond donors (Lipinski definition) is 3. The predicted molar refractivity (Wildman–Crippen MR) is 143 cm³/mol. The second kappa shape index (κ2) is 10.4. The smallest absolute Gasteiger partial charge is 0.263 e. The molecule has 0 atom stereocenters. The molecule has 2 saturated heterocycles. The summed E-state index contributed by atoms with van der Waals surface area (Å²) < 4.78 is 21.2. The van der Waals surface area contributed by atoms with Gasteiger partial charge in [0.2, 0.25) is 5.88 Å². The Bertz CT molecular complexity index is 1460. The minimum absolute atomic E-state index is 0.00363.